The summed E-state index contributed by atoms with van der Waals surface area (Å²) in [6.07, 6.45) is -0.809. The molecule has 1 saturated carbocycles. The molecule has 1 aliphatic heterocycles. The van der Waals surface area contributed by atoms with Gasteiger partial charge in [-0.15, -0.1) is 0 Å². The third-order valence-corrected chi connectivity index (χ3v) is 3.20. The molecule has 0 bridgehead atoms. The van der Waals surface area contributed by atoms with Crippen molar-refractivity contribution in [3.8, 4) is 0 Å². The zero-order chi connectivity index (χ0) is 12.5. The zero-order valence-corrected chi connectivity index (χ0v) is 9.59. The van der Waals surface area contributed by atoms with Crippen LogP contribution in [0.15, 0.2) is 0 Å². The van der Waals surface area contributed by atoms with E-state index in [1.165, 1.54) is 4.90 Å². The summed E-state index contributed by atoms with van der Waals surface area (Å²) in [7, 11) is 0. The topological polar surface area (TPSA) is 32.3 Å². The Bertz CT molecular complexity index is 289. The fourth-order valence-electron chi connectivity index (χ4n) is 2.24. The van der Waals surface area contributed by atoms with Crippen molar-refractivity contribution in [2.45, 2.75) is 37.9 Å². The van der Waals surface area contributed by atoms with Gasteiger partial charge in [-0.25, -0.2) is 0 Å². The standard InChI is InChI=1S/C11H17F3N2O/c12-11(13,14)7-16-5-1-2-9(6-16)15-10(17)8-3-4-8/h8-9H,1-7H2,(H,15,17). The molecule has 17 heavy (non-hydrogen) atoms. The normalized spacial score (nSPS) is 26.9. The number of piperidine rings is 1. The largest absolute Gasteiger partial charge is 0.401 e. The molecule has 3 nitrogen and oxygen atoms in total. The molecule has 1 amide bonds. The third kappa shape index (κ3) is 4.18. The van der Waals surface area contributed by atoms with E-state index in [-0.39, 0.29) is 17.9 Å². The SMILES string of the molecule is O=C(NC1CCCN(CC(F)(F)F)C1)C1CC1. The minimum atomic E-state index is -4.15. The number of nitrogens with zero attached hydrogens (tertiary/aromatic N) is 1. The van der Waals surface area contributed by atoms with Crippen LogP contribution in [-0.4, -0.2) is 42.7 Å². The second-order valence-electron chi connectivity index (χ2n) is 4.97. The predicted octanol–water partition coefficient (Wildman–Crippen LogP) is 1.54. The molecule has 98 valence electrons. The van der Waals surface area contributed by atoms with Crippen molar-refractivity contribution in [1.29, 1.82) is 0 Å². The van der Waals surface area contributed by atoms with Gasteiger partial charge in [0.25, 0.3) is 0 Å². The van der Waals surface area contributed by atoms with E-state index >= 15 is 0 Å². The summed E-state index contributed by atoms with van der Waals surface area (Å²) < 4.78 is 36.7. The summed E-state index contributed by atoms with van der Waals surface area (Å²) in [6.45, 7) is -0.0872. The maximum atomic E-state index is 12.2. The van der Waals surface area contributed by atoms with E-state index in [0.29, 0.717) is 19.5 Å². The van der Waals surface area contributed by atoms with Gasteiger partial charge in [-0.2, -0.15) is 13.2 Å². The molecule has 0 aromatic rings. The van der Waals surface area contributed by atoms with Gasteiger partial charge in [0, 0.05) is 18.5 Å². The van der Waals surface area contributed by atoms with Crippen molar-refractivity contribution in [2.75, 3.05) is 19.6 Å². The van der Waals surface area contributed by atoms with Crippen LogP contribution in [0.4, 0.5) is 13.2 Å². The van der Waals surface area contributed by atoms with Gasteiger partial charge in [-0.1, -0.05) is 0 Å². The van der Waals surface area contributed by atoms with Gasteiger partial charge in [-0.3, -0.25) is 9.69 Å². The maximum absolute atomic E-state index is 12.2. The average Bonchev–Trinajstić information content (AvgIpc) is 2.97. The van der Waals surface area contributed by atoms with E-state index in [1.54, 1.807) is 0 Å². The lowest BCUT2D eigenvalue weighted by Gasteiger charge is -2.33. The Hall–Kier alpha value is -0.780. The highest BCUT2D eigenvalue weighted by Gasteiger charge is 2.35. The van der Waals surface area contributed by atoms with Gasteiger partial charge in [0.15, 0.2) is 0 Å². The Kier molecular flexibility index (Phi) is 3.61. The molecular formula is C11H17F3N2O. The van der Waals surface area contributed by atoms with Crippen LogP contribution in [0.25, 0.3) is 0 Å². The molecule has 1 aliphatic carbocycles. The van der Waals surface area contributed by atoms with Gasteiger partial charge in [-0.05, 0) is 32.2 Å². The number of rotatable bonds is 3. The summed E-state index contributed by atoms with van der Waals surface area (Å²) >= 11 is 0. The van der Waals surface area contributed by atoms with Crippen LogP contribution >= 0.6 is 0 Å². The number of hydrogen-bond acceptors (Lipinski definition) is 2. The van der Waals surface area contributed by atoms with E-state index in [1.807, 2.05) is 0 Å². The minimum absolute atomic E-state index is 0.0175. The highest BCUT2D eigenvalue weighted by Crippen LogP contribution is 2.29. The lowest BCUT2D eigenvalue weighted by atomic mass is 10.1. The Morgan fingerprint density at radius 1 is 1.29 bits per heavy atom. The van der Waals surface area contributed by atoms with Gasteiger partial charge in [0.2, 0.25) is 5.91 Å². The molecule has 1 N–H and O–H groups in total. The number of nitrogens with one attached hydrogen (secondary N) is 1. The van der Waals surface area contributed by atoms with E-state index in [0.717, 1.165) is 19.3 Å². The number of alkyl halides is 3. The lowest BCUT2D eigenvalue weighted by molar-refractivity contribution is -0.148. The Labute approximate surface area is 98.3 Å². The van der Waals surface area contributed by atoms with E-state index < -0.39 is 12.7 Å². The number of halogens is 3. The first-order valence-electron chi connectivity index (χ1n) is 6.03. The zero-order valence-electron chi connectivity index (χ0n) is 9.59. The number of amides is 1. The van der Waals surface area contributed by atoms with Crippen molar-refractivity contribution >= 4 is 5.91 Å². The first-order chi connectivity index (χ1) is 7.94. The molecule has 2 fully saturated rings. The second-order valence-corrected chi connectivity index (χ2v) is 4.97. The summed E-state index contributed by atoms with van der Waals surface area (Å²) in [5.74, 6) is 0.136. The first-order valence-corrected chi connectivity index (χ1v) is 6.03. The van der Waals surface area contributed by atoms with Gasteiger partial charge in [0.1, 0.15) is 0 Å². The third-order valence-electron chi connectivity index (χ3n) is 3.20. The number of carbonyl (C=O) groups excluding carboxylic acids is 1. The molecule has 1 atom stereocenters. The van der Waals surface area contributed by atoms with Crippen LogP contribution < -0.4 is 5.32 Å². The molecule has 1 unspecified atom stereocenters. The Morgan fingerprint density at radius 2 is 2.00 bits per heavy atom. The van der Waals surface area contributed by atoms with Crippen molar-refractivity contribution in [1.82, 2.24) is 10.2 Å². The van der Waals surface area contributed by atoms with Crippen molar-refractivity contribution in [2.24, 2.45) is 5.92 Å². The number of likely N-dealkylation sites (tertiary alicyclic amines) is 1. The second kappa shape index (κ2) is 4.84. The van der Waals surface area contributed by atoms with Crippen LogP contribution in [0.5, 0.6) is 0 Å². The summed E-state index contributed by atoms with van der Waals surface area (Å²) in [4.78, 5) is 12.9. The fourth-order valence-corrected chi connectivity index (χ4v) is 2.24. The average molecular weight is 250 g/mol. The first kappa shape index (κ1) is 12.7. The summed E-state index contributed by atoms with van der Waals surface area (Å²) in [6, 6.07) is -0.112. The summed E-state index contributed by atoms with van der Waals surface area (Å²) in [5, 5.41) is 2.85. The monoisotopic (exact) mass is 250 g/mol. The summed E-state index contributed by atoms with van der Waals surface area (Å²) in [5.41, 5.74) is 0. The number of hydrogen-bond donors (Lipinski definition) is 1. The van der Waals surface area contributed by atoms with Crippen molar-refractivity contribution < 1.29 is 18.0 Å². The van der Waals surface area contributed by atoms with Gasteiger partial charge in [0.05, 0.1) is 6.54 Å². The molecule has 1 saturated heterocycles. The van der Waals surface area contributed by atoms with E-state index in [9.17, 15) is 18.0 Å². The molecule has 1 heterocycles. The fraction of sp³-hybridized carbons (Fsp3) is 0.909. The molecule has 2 rings (SSSR count). The quantitative estimate of drug-likeness (QED) is 0.824. The Morgan fingerprint density at radius 3 is 2.59 bits per heavy atom. The van der Waals surface area contributed by atoms with Crippen LogP contribution in [0.1, 0.15) is 25.7 Å². The molecule has 0 aromatic carbocycles. The van der Waals surface area contributed by atoms with E-state index in [4.69, 9.17) is 0 Å². The molecule has 0 spiro atoms. The molecule has 0 radical (unpaired) electrons. The number of carbonyl (C=O) groups is 1. The van der Waals surface area contributed by atoms with Crippen molar-refractivity contribution in [3.63, 3.8) is 0 Å². The van der Waals surface area contributed by atoms with Crippen LogP contribution in [0.3, 0.4) is 0 Å². The van der Waals surface area contributed by atoms with Gasteiger partial charge < -0.3 is 5.32 Å². The molecular weight excluding hydrogens is 233 g/mol. The minimum Gasteiger partial charge on any atom is -0.352 e. The molecule has 6 heteroatoms. The van der Waals surface area contributed by atoms with E-state index in [2.05, 4.69) is 5.32 Å². The van der Waals surface area contributed by atoms with Crippen molar-refractivity contribution in [3.05, 3.63) is 0 Å². The molecule has 0 aromatic heterocycles. The lowest BCUT2D eigenvalue weighted by Crippen LogP contribution is -2.50. The van der Waals surface area contributed by atoms with Crippen LogP contribution in [-0.2, 0) is 4.79 Å². The predicted molar refractivity (Wildman–Crippen MR) is 56.4 cm³/mol. The van der Waals surface area contributed by atoms with Crippen LogP contribution in [0.2, 0.25) is 0 Å². The highest BCUT2D eigenvalue weighted by atomic mass is 19.4. The molecule has 2 aliphatic rings. The van der Waals surface area contributed by atoms with Gasteiger partial charge >= 0.3 is 6.18 Å². The maximum Gasteiger partial charge on any atom is 0.401 e. The Balaban J connectivity index is 1.77. The smallest absolute Gasteiger partial charge is 0.352 e. The van der Waals surface area contributed by atoms with Crippen LogP contribution in [0, 0.1) is 5.92 Å². The highest BCUT2D eigenvalue weighted by molar-refractivity contribution is 5.81.